The van der Waals surface area contributed by atoms with Crippen LogP contribution in [-0.2, 0) is 9.59 Å². The lowest BCUT2D eigenvalue weighted by molar-refractivity contribution is -0.145. The molecule has 18 heavy (non-hydrogen) atoms. The average molecular weight is 315 g/mol. The third kappa shape index (κ3) is 3.53. The lowest BCUT2D eigenvalue weighted by atomic mass is 9.95. The average Bonchev–Trinajstić information content (AvgIpc) is 2.31. The standard InChI is InChI=1S/C12H15BrN2O3/c1-6-4-9(5-14-10(6)13)15-11(16)7(2)8(3)12(17)18/h4-5,7-8H,1-3H3,(H,15,16)(H,17,18). The summed E-state index contributed by atoms with van der Waals surface area (Å²) in [7, 11) is 0. The van der Waals surface area contributed by atoms with Crippen LogP contribution in [0.2, 0.25) is 0 Å². The van der Waals surface area contributed by atoms with E-state index in [2.05, 4.69) is 26.2 Å². The van der Waals surface area contributed by atoms with Crippen molar-refractivity contribution < 1.29 is 14.7 Å². The number of anilines is 1. The highest BCUT2D eigenvalue weighted by Gasteiger charge is 2.25. The Labute approximate surface area is 114 Å². The molecule has 0 bridgehead atoms. The molecule has 0 aromatic carbocycles. The summed E-state index contributed by atoms with van der Waals surface area (Å²) in [6, 6.07) is 1.77. The van der Waals surface area contributed by atoms with Gasteiger partial charge in [-0.05, 0) is 34.5 Å². The third-order valence-corrected chi connectivity index (χ3v) is 3.67. The number of nitrogens with one attached hydrogen (secondary N) is 1. The van der Waals surface area contributed by atoms with Gasteiger partial charge in [0.2, 0.25) is 5.91 Å². The number of carbonyl (C=O) groups excluding carboxylic acids is 1. The molecule has 2 unspecified atom stereocenters. The highest BCUT2D eigenvalue weighted by molar-refractivity contribution is 9.10. The number of aryl methyl sites for hydroxylation is 1. The van der Waals surface area contributed by atoms with E-state index in [9.17, 15) is 9.59 Å². The molecule has 0 spiro atoms. The van der Waals surface area contributed by atoms with Gasteiger partial charge < -0.3 is 10.4 Å². The number of halogens is 1. The van der Waals surface area contributed by atoms with Crippen molar-refractivity contribution in [1.29, 1.82) is 0 Å². The zero-order valence-corrected chi connectivity index (χ0v) is 12.0. The number of nitrogens with zero attached hydrogens (tertiary/aromatic N) is 1. The Balaban J connectivity index is 2.75. The monoisotopic (exact) mass is 314 g/mol. The van der Waals surface area contributed by atoms with Crippen LogP contribution in [0, 0.1) is 18.8 Å². The number of amides is 1. The summed E-state index contributed by atoms with van der Waals surface area (Å²) in [5.41, 5.74) is 1.46. The van der Waals surface area contributed by atoms with Crippen LogP contribution < -0.4 is 5.32 Å². The third-order valence-electron chi connectivity index (χ3n) is 2.84. The van der Waals surface area contributed by atoms with Crippen LogP contribution >= 0.6 is 15.9 Å². The molecule has 2 N–H and O–H groups in total. The van der Waals surface area contributed by atoms with Gasteiger partial charge in [0, 0.05) is 5.92 Å². The zero-order valence-electron chi connectivity index (χ0n) is 10.4. The normalized spacial score (nSPS) is 13.8. The largest absolute Gasteiger partial charge is 0.481 e. The van der Waals surface area contributed by atoms with Gasteiger partial charge in [0.25, 0.3) is 0 Å². The number of aromatic nitrogens is 1. The van der Waals surface area contributed by atoms with E-state index in [1.54, 1.807) is 13.0 Å². The van der Waals surface area contributed by atoms with Crippen molar-refractivity contribution in [1.82, 2.24) is 4.98 Å². The summed E-state index contributed by atoms with van der Waals surface area (Å²) in [4.78, 5) is 26.7. The molecule has 0 aliphatic rings. The van der Waals surface area contributed by atoms with Crippen molar-refractivity contribution in [2.24, 2.45) is 11.8 Å². The first-order valence-corrected chi connectivity index (χ1v) is 6.28. The van der Waals surface area contributed by atoms with Crippen molar-refractivity contribution >= 4 is 33.5 Å². The summed E-state index contributed by atoms with van der Waals surface area (Å²) >= 11 is 3.27. The van der Waals surface area contributed by atoms with Crippen LogP contribution in [0.1, 0.15) is 19.4 Å². The van der Waals surface area contributed by atoms with E-state index in [1.807, 2.05) is 6.92 Å². The molecular formula is C12H15BrN2O3. The Morgan fingerprint density at radius 3 is 2.50 bits per heavy atom. The van der Waals surface area contributed by atoms with Gasteiger partial charge in [-0.2, -0.15) is 0 Å². The van der Waals surface area contributed by atoms with Gasteiger partial charge in [-0.3, -0.25) is 9.59 Å². The molecule has 5 nitrogen and oxygen atoms in total. The topological polar surface area (TPSA) is 79.3 Å². The molecule has 98 valence electrons. The number of rotatable bonds is 4. The van der Waals surface area contributed by atoms with E-state index in [0.29, 0.717) is 10.3 Å². The second-order valence-electron chi connectivity index (χ2n) is 4.24. The summed E-state index contributed by atoms with van der Waals surface area (Å²) in [6.07, 6.45) is 1.52. The fraction of sp³-hybridized carbons (Fsp3) is 0.417. The van der Waals surface area contributed by atoms with Crippen LogP contribution in [0.3, 0.4) is 0 Å². The Kier molecular flexibility index (Phi) is 4.84. The number of aliphatic carboxylic acids is 1. The van der Waals surface area contributed by atoms with Crippen LogP contribution in [0.15, 0.2) is 16.9 Å². The lowest BCUT2D eigenvalue weighted by Crippen LogP contribution is -2.30. The van der Waals surface area contributed by atoms with Gasteiger partial charge in [0.1, 0.15) is 4.60 Å². The Hall–Kier alpha value is -1.43. The molecule has 1 amide bonds. The fourth-order valence-corrected chi connectivity index (χ4v) is 1.54. The van der Waals surface area contributed by atoms with E-state index in [-0.39, 0.29) is 5.91 Å². The molecule has 1 heterocycles. The predicted octanol–water partition coefficient (Wildman–Crippen LogP) is 2.45. The molecule has 6 heteroatoms. The van der Waals surface area contributed by atoms with Gasteiger partial charge in [-0.1, -0.05) is 13.8 Å². The number of carboxylic acids is 1. The molecule has 0 fully saturated rings. The van der Waals surface area contributed by atoms with Crippen molar-refractivity contribution in [3.05, 3.63) is 22.4 Å². The van der Waals surface area contributed by atoms with Crippen molar-refractivity contribution in [2.75, 3.05) is 5.32 Å². The molecule has 0 aliphatic carbocycles. The maximum atomic E-state index is 11.8. The van der Waals surface area contributed by atoms with Crippen LogP contribution in [0.25, 0.3) is 0 Å². The van der Waals surface area contributed by atoms with Crippen molar-refractivity contribution in [2.45, 2.75) is 20.8 Å². The molecule has 2 atom stereocenters. The van der Waals surface area contributed by atoms with E-state index in [4.69, 9.17) is 5.11 Å². The number of hydrogen-bond acceptors (Lipinski definition) is 3. The highest BCUT2D eigenvalue weighted by atomic mass is 79.9. The summed E-state index contributed by atoms with van der Waals surface area (Å²) in [5.74, 6) is -2.64. The van der Waals surface area contributed by atoms with E-state index >= 15 is 0 Å². The quantitative estimate of drug-likeness (QED) is 0.837. The molecule has 1 aromatic rings. The Bertz CT molecular complexity index is 476. The SMILES string of the molecule is Cc1cc(NC(=O)C(C)C(C)C(=O)O)cnc1Br. The predicted molar refractivity (Wildman–Crippen MR) is 71.3 cm³/mol. The van der Waals surface area contributed by atoms with Crippen molar-refractivity contribution in [3.63, 3.8) is 0 Å². The second-order valence-corrected chi connectivity index (χ2v) is 4.99. The molecule has 1 rings (SSSR count). The lowest BCUT2D eigenvalue weighted by Gasteiger charge is -2.15. The first-order valence-electron chi connectivity index (χ1n) is 5.48. The summed E-state index contributed by atoms with van der Waals surface area (Å²) in [6.45, 7) is 4.96. The number of carboxylic acid groups (broad SMARTS) is 1. The second kappa shape index (κ2) is 5.95. The van der Waals surface area contributed by atoms with Gasteiger partial charge in [-0.25, -0.2) is 4.98 Å². The highest BCUT2D eigenvalue weighted by Crippen LogP contribution is 2.19. The molecule has 0 saturated heterocycles. The van der Waals surface area contributed by atoms with Crippen LogP contribution in [0.5, 0.6) is 0 Å². The van der Waals surface area contributed by atoms with Crippen molar-refractivity contribution in [3.8, 4) is 0 Å². The maximum absolute atomic E-state index is 11.8. The molecule has 0 aliphatic heterocycles. The minimum absolute atomic E-state index is 0.326. The van der Waals surface area contributed by atoms with E-state index < -0.39 is 17.8 Å². The molecule has 1 aromatic heterocycles. The van der Waals surface area contributed by atoms with E-state index in [1.165, 1.54) is 13.1 Å². The van der Waals surface area contributed by atoms with Gasteiger partial charge in [-0.15, -0.1) is 0 Å². The molecular weight excluding hydrogens is 300 g/mol. The minimum Gasteiger partial charge on any atom is -0.481 e. The molecule has 0 radical (unpaired) electrons. The van der Waals surface area contributed by atoms with Gasteiger partial charge in [0.15, 0.2) is 0 Å². The zero-order chi connectivity index (χ0) is 13.9. The maximum Gasteiger partial charge on any atom is 0.307 e. The number of pyridine rings is 1. The van der Waals surface area contributed by atoms with Gasteiger partial charge in [0.05, 0.1) is 17.8 Å². The molecule has 0 saturated carbocycles. The van der Waals surface area contributed by atoms with Crippen LogP contribution in [0.4, 0.5) is 5.69 Å². The summed E-state index contributed by atoms with van der Waals surface area (Å²) in [5, 5.41) is 11.5. The number of carbonyl (C=O) groups is 2. The smallest absolute Gasteiger partial charge is 0.307 e. The minimum atomic E-state index is -0.984. The number of hydrogen-bond donors (Lipinski definition) is 2. The Morgan fingerprint density at radius 2 is 2.00 bits per heavy atom. The summed E-state index contributed by atoms with van der Waals surface area (Å²) < 4.78 is 0.715. The Morgan fingerprint density at radius 1 is 1.39 bits per heavy atom. The fourth-order valence-electron chi connectivity index (χ4n) is 1.32. The van der Waals surface area contributed by atoms with Crippen LogP contribution in [-0.4, -0.2) is 22.0 Å². The first-order chi connectivity index (χ1) is 8.32. The van der Waals surface area contributed by atoms with E-state index in [0.717, 1.165) is 5.56 Å². The van der Waals surface area contributed by atoms with Gasteiger partial charge >= 0.3 is 5.97 Å². The first kappa shape index (κ1) is 14.6.